The van der Waals surface area contributed by atoms with Crippen LogP contribution in [0.4, 0.5) is 5.82 Å². The van der Waals surface area contributed by atoms with Crippen molar-refractivity contribution in [3.63, 3.8) is 0 Å². The average Bonchev–Trinajstić information content (AvgIpc) is 2.89. The van der Waals surface area contributed by atoms with E-state index in [0.29, 0.717) is 0 Å². The second kappa shape index (κ2) is 5.12. The lowest BCUT2D eigenvalue weighted by Crippen LogP contribution is -2.09. The van der Waals surface area contributed by atoms with Crippen LogP contribution in [0.3, 0.4) is 0 Å². The second-order valence-electron chi connectivity index (χ2n) is 4.50. The normalized spacial score (nSPS) is 13.3. The van der Waals surface area contributed by atoms with Crippen molar-refractivity contribution in [1.29, 1.82) is 0 Å². The molecular weight excluding hydrogens is 224 g/mol. The van der Waals surface area contributed by atoms with E-state index in [0.717, 1.165) is 37.3 Å². The fraction of sp³-hybridized carbons (Fsp3) is 0.357. The number of aromatic nitrogens is 3. The molecule has 1 aliphatic carbocycles. The van der Waals surface area contributed by atoms with Gasteiger partial charge in [-0.25, -0.2) is 9.97 Å². The summed E-state index contributed by atoms with van der Waals surface area (Å²) in [4.78, 5) is 13.0. The van der Waals surface area contributed by atoms with Gasteiger partial charge in [-0.05, 0) is 31.4 Å². The first-order chi connectivity index (χ1) is 8.93. The van der Waals surface area contributed by atoms with Crippen molar-refractivity contribution in [2.45, 2.75) is 25.7 Å². The van der Waals surface area contributed by atoms with E-state index < -0.39 is 0 Å². The molecule has 92 valence electrons. The number of nitrogens with zero attached hydrogens (tertiary/aromatic N) is 3. The van der Waals surface area contributed by atoms with Gasteiger partial charge < -0.3 is 5.32 Å². The lowest BCUT2D eigenvalue weighted by molar-refractivity contribution is 0.898. The molecule has 18 heavy (non-hydrogen) atoms. The highest BCUT2D eigenvalue weighted by molar-refractivity contribution is 5.47. The fourth-order valence-corrected chi connectivity index (χ4v) is 2.37. The van der Waals surface area contributed by atoms with Gasteiger partial charge in [0.25, 0.3) is 0 Å². The van der Waals surface area contributed by atoms with Crippen LogP contribution in [0.25, 0.3) is 0 Å². The number of pyridine rings is 1. The zero-order valence-corrected chi connectivity index (χ0v) is 10.3. The summed E-state index contributed by atoms with van der Waals surface area (Å²) < 4.78 is 0. The Hall–Kier alpha value is -1.97. The van der Waals surface area contributed by atoms with Crippen molar-refractivity contribution in [3.8, 4) is 0 Å². The van der Waals surface area contributed by atoms with E-state index in [1.165, 1.54) is 17.7 Å². The molecule has 4 nitrogen and oxygen atoms in total. The maximum atomic E-state index is 4.34. The van der Waals surface area contributed by atoms with Crippen molar-refractivity contribution in [3.05, 3.63) is 47.7 Å². The largest absolute Gasteiger partial charge is 0.369 e. The van der Waals surface area contributed by atoms with Crippen LogP contribution in [0, 0.1) is 0 Å². The molecule has 0 spiro atoms. The third kappa shape index (κ3) is 2.32. The number of hydrogen-bond acceptors (Lipinski definition) is 4. The molecule has 1 aliphatic rings. The van der Waals surface area contributed by atoms with Crippen LogP contribution in [0.5, 0.6) is 0 Å². The van der Waals surface area contributed by atoms with Crippen LogP contribution in [0.15, 0.2) is 30.7 Å². The molecule has 2 aromatic heterocycles. The second-order valence-corrected chi connectivity index (χ2v) is 4.50. The van der Waals surface area contributed by atoms with Gasteiger partial charge in [0.1, 0.15) is 12.1 Å². The number of aryl methyl sites for hydroxylation is 1. The summed E-state index contributed by atoms with van der Waals surface area (Å²) in [6.07, 6.45) is 7.79. The summed E-state index contributed by atoms with van der Waals surface area (Å²) in [5, 5.41) is 3.40. The zero-order chi connectivity index (χ0) is 12.2. The molecule has 1 N–H and O–H groups in total. The molecule has 0 aromatic carbocycles. The van der Waals surface area contributed by atoms with Crippen molar-refractivity contribution in [1.82, 2.24) is 15.0 Å². The zero-order valence-electron chi connectivity index (χ0n) is 10.3. The smallest absolute Gasteiger partial charge is 0.132 e. The molecule has 0 bridgehead atoms. The lowest BCUT2D eigenvalue weighted by Gasteiger charge is -2.09. The first kappa shape index (κ1) is 11.1. The van der Waals surface area contributed by atoms with E-state index in [9.17, 15) is 0 Å². The standard InChI is InChI=1S/C14H16N4/c1-2-8-15-11(4-1)7-9-16-14-12-5-3-6-13(12)17-10-18-14/h1-2,4,8,10H,3,5-7,9H2,(H,16,17,18). The maximum Gasteiger partial charge on any atom is 0.132 e. The van der Waals surface area contributed by atoms with Crippen LogP contribution >= 0.6 is 0 Å². The molecule has 0 saturated carbocycles. The molecule has 3 rings (SSSR count). The Bertz CT molecular complexity index is 525. The van der Waals surface area contributed by atoms with Crippen molar-refractivity contribution in [2.24, 2.45) is 0 Å². The molecule has 0 atom stereocenters. The van der Waals surface area contributed by atoms with Gasteiger partial charge in [0.15, 0.2) is 0 Å². The molecule has 2 aromatic rings. The highest BCUT2D eigenvalue weighted by Gasteiger charge is 2.16. The molecule has 0 unspecified atom stereocenters. The van der Waals surface area contributed by atoms with Gasteiger partial charge >= 0.3 is 0 Å². The minimum Gasteiger partial charge on any atom is -0.369 e. The van der Waals surface area contributed by atoms with Crippen molar-refractivity contribution >= 4 is 5.82 Å². The Labute approximate surface area is 107 Å². The minimum absolute atomic E-state index is 0.862. The van der Waals surface area contributed by atoms with Gasteiger partial charge in [0, 0.05) is 36.1 Å². The van der Waals surface area contributed by atoms with Crippen LogP contribution in [-0.4, -0.2) is 21.5 Å². The molecule has 0 amide bonds. The fourth-order valence-electron chi connectivity index (χ4n) is 2.37. The van der Waals surface area contributed by atoms with Gasteiger partial charge in [-0.3, -0.25) is 4.98 Å². The molecule has 0 saturated heterocycles. The molecule has 4 heteroatoms. The Balaban J connectivity index is 1.63. The summed E-state index contributed by atoms with van der Waals surface area (Å²) in [5.74, 6) is 1.01. The Morgan fingerprint density at radius 2 is 2.11 bits per heavy atom. The molecule has 0 aliphatic heterocycles. The Morgan fingerprint density at radius 1 is 1.11 bits per heavy atom. The third-order valence-corrected chi connectivity index (χ3v) is 3.27. The first-order valence-corrected chi connectivity index (χ1v) is 6.40. The van der Waals surface area contributed by atoms with Crippen LogP contribution in [0.1, 0.15) is 23.4 Å². The molecule has 0 radical (unpaired) electrons. The number of hydrogen-bond donors (Lipinski definition) is 1. The predicted octanol–water partition coefficient (Wildman–Crippen LogP) is 2.01. The van der Waals surface area contributed by atoms with Gasteiger partial charge in [0.2, 0.25) is 0 Å². The first-order valence-electron chi connectivity index (χ1n) is 6.40. The van der Waals surface area contributed by atoms with Crippen molar-refractivity contribution < 1.29 is 0 Å². The molecule has 0 fully saturated rings. The SMILES string of the molecule is c1ccc(CCNc2ncnc3c2CCC3)nc1. The van der Waals surface area contributed by atoms with Gasteiger partial charge in [-0.15, -0.1) is 0 Å². The molecule has 2 heterocycles. The van der Waals surface area contributed by atoms with E-state index in [-0.39, 0.29) is 0 Å². The topological polar surface area (TPSA) is 50.7 Å². The summed E-state index contributed by atoms with van der Waals surface area (Å²) in [6.45, 7) is 0.862. The van der Waals surface area contributed by atoms with Crippen LogP contribution < -0.4 is 5.32 Å². The van der Waals surface area contributed by atoms with E-state index >= 15 is 0 Å². The minimum atomic E-state index is 0.862. The van der Waals surface area contributed by atoms with Gasteiger partial charge in [-0.2, -0.15) is 0 Å². The number of nitrogens with one attached hydrogen (secondary N) is 1. The van der Waals surface area contributed by atoms with E-state index in [1.807, 2.05) is 24.4 Å². The number of anilines is 1. The van der Waals surface area contributed by atoms with Crippen LogP contribution in [-0.2, 0) is 19.3 Å². The highest BCUT2D eigenvalue weighted by atomic mass is 15.0. The molecular formula is C14H16N4. The Kier molecular flexibility index (Phi) is 3.17. The Morgan fingerprint density at radius 3 is 3.00 bits per heavy atom. The van der Waals surface area contributed by atoms with E-state index in [2.05, 4.69) is 20.3 Å². The summed E-state index contributed by atoms with van der Waals surface area (Å²) in [7, 11) is 0. The van der Waals surface area contributed by atoms with Gasteiger partial charge in [-0.1, -0.05) is 6.07 Å². The van der Waals surface area contributed by atoms with E-state index in [4.69, 9.17) is 0 Å². The average molecular weight is 240 g/mol. The van der Waals surface area contributed by atoms with Gasteiger partial charge in [0.05, 0.1) is 0 Å². The quantitative estimate of drug-likeness (QED) is 0.888. The lowest BCUT2D eigenvalue weighted by atomic mass is 10.2. The summed E-state index contributed by atoms with van der Waals surface area (Å²) in [5.41, 5.74) is 3.62. The summed E-state index contributed by atoms with van der Waals surface area (Å²) in [6, 6.07) is 6.00. The monoisotopic (exact) mass is 240 g/mol. The van der Waals surface area contributed by atoms with Crippen molar-refractivity contribution in [2.75, 3.05) is 11.9 Å². The summed E-state index contributed by atoms with van der Waals surface area (Å²) >= 11 is 0. The number of rotatable bonds is 4. The maximum absolute atomic E-state index is 4.34. The predicted molar refractivity (Wildman–Crippen MR) is 70.5 cm³/mol. The number of fused-ring (bicyclic) bond motifs is 1. The highest BCUT2D eigenvalue weighted by Crippen LogP contribution is 2.24. The third-order valence-electron chi connectivity index (χ3n) is 3.27. The van der Waals surface area contributed by atoms with Crippen LogP contribution in [0.2, 0.25) is 0 Å². The van der Waals surface area contributed by atoms with E-state index in [1.54, 1.807) is 6.33 Å².